The maximum absolute atomic E-state index is 11.1. The molecule has 2 aromatic heterocycles. The van der Waals surface area contributed by atoms with Crippen LogP contribution in [-0.2, 0) is 4.79 Å². The third kappa shape index (κ3) is 1.60. The van der Waals surface area contributed by atoms with Gasteiger partial charge in [0, 0.05) is 25.0 Å². The van der Waals surface area contributed by atoms with Crippen molar-refractivity contribution in [2.75, 3.05) is 0 Å². The molecule has 82 valence electrons. The largest absolute Gasteiger partial charge is 0.439 e. The van der Waals surface area contributed by atoms with Crippen molar-refractivity contribution in [3.05, 3.63) is 24.2 Å². The van der Waals surface area contributed by atoms with E-state index in [2.05, 4.69) is 9.97 Å². The van der Waals surface area contributed by atoms with E-state index in [9.17, 15) is 4.79 Å². The van der Waals surface area contributed by atoms with Crippen LogP contribution in [-0.4, -0.2) is 15.8 Å². The summed E-state index contributed by atoms with van der Waals surface area (Å²) in [6.07, 6.45) is 4.71. The second-order valence-electron chi connectivity index (χ2n) is 4.19. The predicted octanol–water partition coefficient (Wildman–Crippen LogP) is 2.45. The van der Waals surface area contributed by atoms with Gasteiger partial charge in [0.2, 0.25) is 0 Å². The van der Waals surface area contributed by atoms with E-state index < -0.39 is 0 Å². The van der Waals surface area contributed by atoms with Crippen molar-refractivity contribution in [1.29, 1.82) is 0 Å². The van der Waals surface area contributed by atoms with Crippen LogP contribution in [0.1, 0.15) is 37.5 Å². The maximum atomic E-state index is 11.1. The average molecular weight is 216 g/mol. The van der Waals surface area contributed by atoms with E-state index in [0.717, 1.165) is 24.3 Å². The highest BCUT2D eigenvalue weighted by molar-refractivity contribution is 5.79. The van der Waals surface area contributed by atoms with Crippen molar-refractivity contribution < 1.29 is 9.21 Å². The van der Waals surface area contributed by atoms with Gasteiger partial charge in [-0.1, -0.05) is 0 Å². The Balaban J connectivity index is 1.91. The minimum absolute atomic E-state index is 0.284. The second kappa shape index (κ2) is 3.70. The number of hydrogen-bond acceptors (Lipinski definition) is 4. The Labute approximate surface area is 92.7 Å². The zero-order chi connectivity index (χ0) is 11.0. The first-order valence-electron chi connectivity index (χ1n) is 5.56. The summed E-state index contributed by atoms with van der Waals surface area (Å²) < 4.78 is 5.66. The maximum Gasteiger partial charge on any atom is 0.200 e. The summed E-state index contributed by atoms with van der Waals surface area (Å²) in [4.78, 5) is 19.7. The predicted molar refractivity (Wildman–Crippen MR) is 58.0 cm³/mol. The highest BCUT2D eigenvalue weighted by Crippen LogP contribution is 2.31. The lowest BCUT2D eigenvalue weighted by molar-refractivity contribution is -0.120. The molecular weight excluding hydrogens is 204 g/mol. The molecule has 0 N–H and O–H groups in total. The number of fused-ring (bicyclic) bond motifs is 1. The van der Waals surface area contributed by atoms with Crippen LogP contribution in [0.25, 0.3) is 11.2 Å². The molecule has 4 nitrogen and oxygen atoms in total. The van der Waals surface area contributed by atoms with E-state index in [1.807, 2.05) is 12.1 Å². The van der Waals surface area contributed by atoms with Gasteiger partial charge in [-0.3, -0.25) is 4.79 Å². The van der Waals surface area contributed by atoms with Crippen LogP contribution in [0.4, 0.5) is 0 Å². The first kappa shape index (κ1) is 9.51. The van der Waals surface area contributed by atoms with Gasteiger partial charge in [-0.05, 0) is 25.0 Å². The number of nitrogens with zero attached hydrogens (tertiary/aromatic N) is 2. The molecule has 0 amide bonds. The summed E-state index contributed by atoms with van der Waals surface area (Å²) in [6.45, 7) is 0. The number of Topliss-reactive ketones (excluding diaryl/α,β-unsaturated/α-hetero) is 1. The molecule has 1 aliphatic carbocycles. The molecule has 0 aliphatic heterocycles. The molecule has 0 unspecified atom stereocenters. The molecule has 0 saturated heterocycles. The van der Waals surface area contributed by atoms with Crippen molar-refractivity contribution in [2.45, 2.75) is 31.6 Å². The normalized spacial score (nSPS) is 18.1. The standard InChI is InChI=1S/C12H12N2O2/c15-9-5-3-8(4-6-9)12-14-11-10(16-12)2-1-7-13-11/h1-2,7-8H,3-6H2. The summed E-state index contributed by atoms with van der Waals surface area (Å²) in [5.41, 5.74) is 1.39. The summed E-state index contributed by atoms with van der Waals surface area (Å²) in [5.74, 6) is 1.37. The van der Waals surface area contributed by atoms with E-state index in [1.54, 1.807) is 6.20 Å². The van der Waals surface area contributed by atoms with E-state index in [-0.39, 0.29) is 5.92 Å². The van der Waals surface area contributed by atoms with Crippen molar-refractivity contribution in [1.82, 2.24) is 9.97 Å². The summed E-state index contributed by atoms with van der Waals surface area (Å²) in [7, 11) is 0. The van der Waals surface area contributed by atoms with Crippen LogP contribution < -0.4 is 0 Å². The van der Waals surface area contributed by atoms with Crippen LogP contribution in [0.3, 0.4) is 0 Å². The molecule has 1 aliphatic rings. The Bertz CT molecular complexity index is 490. The molecule has 0 bridgehead atoms. The van der Waals surface area contributed by atoms with Gasteiger partial charge in [-0.2, -0.15) is 4.98 Å². The molecule has 0 aromatic carbocycles. The fourth-order valence-corrected chi connectivity index (χ4v) is 2.15. The van der Waals surface area contributed by atoms with E-state index in [1.165, 1.54) is 0 Å². The van der Waals surface area contributed by atoms with Gasteiger partial charge in [-0.15, -0.1) is 0 Å². The summed E-state index contributed by atoms with van der Waals surface area (Å²) >= 11 is 0. The minimum Gasteiger partial charge on any atom is -0.439 e. The zero-order valence-electron chi connectivity index (χ0n) is 8.85. The number of rotatable bonds is 1. The number of hydrogen-bond donors (Lipinski definition) is 0. The molecule has 2 aromatic rings. The van der Waals surface area contributed by atoms with Crippen molar-refractivity contribution in [2.24, 2.45) is 0 Å². The molecule has 4 heteroatoms. The lowest BCUT2D eigenvalue weighted by atomic mass is 9.88. The van der Waals surface area contributed by atoms with Gasteiger partial charge in [0.25, 0.3) is 0 Å². The Morgan fingerprint density at radius 3 is 2.88 bits per heavy atom. The lowest BCUT2D eigenvalue weighted by Crippen LogP contribution is -2.12. The van der Waals surface area contributed by atoms with E-state index in [0.29, 0.717) is 24.3 Å². The molecule has 1 saturated carbocycles. The zero-order valence-corrected chi connectivity index (χ0v) is 8.85. The number of carbonyl (C=O) groups is 1. The summed E-state index contributed by atoms with van der Waals surface area (Å²) in [6, 6.07) is 3.70. The Morgan fingerprint density at radius 1 is 1.31 bits per heavy atom. The van der Waals surface area contributed by atoms with Crippen LogP contribution in [0, 0.1) is 0 Å². The van der Waals surface area contributed by atoms with Crippen LogP contribution in [0.2, 0.25) is 0 Å². The van der Waals surface area contributed by atoms with Crippen molar-refractivity contribution >= 4 is 17.0 Å². The molecule has 1 fully saturated rings. The third-order valence-corrected chi connectivity index (χ3v) is 3.07. The van der Waals surface area contributed by atoms with Crippen molar-refractivity contribution in [3.63, 3.8) is 0 Å². The molecule has 3 rings (SSSR count). The van der Waals surface area contributed by atoms with Gasteiger partial charge in [0.15, 0.2) is 17.1 Å². The van der Waals surface area contributed by atoms with Crippen LogP contribution >= 0.6 is 0 Å². The number of aromatic nitrogens is 2. The fraction of sp³-hybridized carbons (Fsp3) is 0.417. The quantitative estimate of drug-likeness (QED) is 0.734. The van der Waals surface area contributed by atoms with Crippen LogP contribution in [0.5, 0.6) is 0 Å². The molecule has 16 heavy (non-hydrogen) atoms. The SMILES string of the molecule is O=C1CCC(c2nc3ncccc3o2)CC1. The smallest absolute Gasteiger partial charge is 0.200 e. The minimum atomic E-state index is 0.284. The average Bonchev–Trinajstić information content (AvgIpc) is 2.73. The molecular formula is C12H12N2O2. The highest BCUT2D eigenvalue weighted by Gasteiger charge is 2.24. The second-order valence-corrected chi connectivity index (χ2v) is 4.19. The number of ketones is 1. The number of carbonyl (C=O) groups excluding carboxylic acids is 1. The van der Waals surface area contributed by atoms with E-state index in [4.69, 9.17) is 4.42 Å². The fourth-order valence-electron chi connectivity index (χ4n) is 2.15. The van der Waals surface area contributed by atoms with Gasteiger partial charge < -0.3 is 4.42 Å². The van der Waals surface area contributed by atoms with Crippen LogP contribution in [0.15, 0.2) is 22.7 Å². The Kier molecular flexibility index (Phi) is 2.20. The third-order valence-electron chi connectivity index (χ3n) is 3.07. The van der Waals surface area contributed by atoms with Gasteiger partial charge in [0.1, 0.15) is 5.78 Å². The molecule has 0 atom stereocenters. The molecule has 0 radical (unpaired) electrons. The molecule has 2 heterocycles. The Morgan fingerprint density at radius 2 is 2.12 bits per heavy atom. The lowest BCUT2D eigenvalue weighted by Gasteiger charge is -2.16. The number of oxazole rings is 1. The van der Waals surface area contributed by atoms with Crippen molar-refractivity contribution in [3.8, 4) is 0 Å². The monoisotopic (exact) mass is 216 g/mol. The topological polar surface area (TPSA) is 56.0 Å². The van der Waals surface area contributed by atoms with E-state index >= 15 is 0 Å². The van der Waals surface area contributed by atoms with Gasteiger partial charge >= 0.3 is 0 Å². The molecule has 0 spiro atoms. The Hall–Kier alpha value is -1.71. The highest BCUT2D eigenvalue weighted by atomic mass is 16.3. The first-order chi connectivity index (χ1) is 7.83. The summed E-state index contributed by atoms with van der Waals surface area (Å²) in [5, 5.41) is 0. The van der Waals surface area contributed by atoms with Gasteiger partial charge in [0.05, 0.1) is 0 Å². The first-order valence-corrected chi connectivity index (χ1v) is 5.56. The van der Waals surface area contributed by atoms with Gasteiger partial charge in [-0.25, -0.2) is 4.98 Å². The number of pyridine rings is 1.